The van der Waals surface area contributed by atoms with Gasteiger partial charge in [-0.2, -0.15) is 0 Å². The molecule has 2 aromatic rings. The third-order valence-corrected chi connectivity index (χ3v) is 5.41. The number of benzene rings is 1. The maximum atomic E-state index is 12.2. The van der Waals surface area contributed by atoms with Crippen molar-refractivity contribution in [3.8, 4) is 0 Å². The van der Waals surface area contributed by atoms with E-state index >= 15 is 0 Å². The van der Waals surface area contributed by atoms with Crippen molar-refractivity contribution in [1.29, 1.82) is 0 Å². The first-order valence-corrected chi connectivity index (χ1v) is 8.67. The Morgan fingerprint density at radius 3 is 2.33 bits per heavy atom. The highest BCUT2D eigenvalue weighted by atomic mass is 32.2. The molecule has 21 heavy (non-hydrogen) atoms. The quantitative estimate of drug-likeness (QED) is 0.886. The highest BCUT2D eigenvalue weighted by Crippen LogP contribution is 2.23. The fourth-order valence-corrected chi connectivity index (χ4v) is 3.92. The molecule has 0 saturated heterocycles. The zero-order valence-electron chi connectivity index (χ0n) is 11.7. The predicted octanol–water partition coefficient (Wildman–Crippen LogP) is 2.77. The first-order chi connectivity index (χ1) is 9.79. The summed E-state index contributed by atoms with van der Waals surface area (Å²) in [4.78, 5) is 11.3. The largest absolute Gasteiger partial charge is 0.365 e. The molecule has 0 aliphatic carbocycles. The molecule has 0 radical (unpaired) electrons. The van der Waals surface area contributed by atoms with E-state index in [0.717, 1.165) is 16.9 Å². The summed E-state index contributed by atoms with van der Waals surface area (Å²) in [5.41, 5.74) is 6.73. The van der Waals surface area contributed by atoms with E-state index < -0.39 is 15.9 Å². The zero-order chi connectivity index (χ0) is 15.6. The van der Waals surface area contributed by atoms with Crippen molar-refractivity contribution in [1.82, 2.24) is 0 Å². The fourth-order valence-electron chi connectivity index (χ4n) is 1.74. The lowest BCUT2D eigenvalue weighted by molar-refractivity contribution is 0.100. The van der Waals surface area contributed by atoms with Crippen LogP contribution in [0.15, 0.2) is 40.6 Å². The number of primary amides is 1. The standard InChI is InChI=1S/C14H16N2O3S2/c1-9(2)10-3-5-11(6-4-10)16-21(18,19)12-7-13(14(15)17)20-8-12/h3-9,16H,1-2H3,(H2,15,17). The van der Waals surface area contributed by atoms with Gasteiger partial charge >= 0.3 is 0 Å². The molecule has 1 aromatic carbocycles. The van der Waals surface area contributed by atoms with E-state index in [0.29, 0.717) is 11.6 Å². The number of rotatable bonds is 5. The number of carbonyl (C=O) groups excluding carboxylic acids is 1. The minimum absolute atomic E-state index is 0.0363. The van der Waals surface area contributed by atoms with Gasteiger partial charge < -0.3 is 5.73 Å². The van der Waals surface area contributed by atoms with Gasteiger partial charge in [-0.1, -0.05) is 26.0 Å². The summed E-state index contributed by atoms with van der Waals surface area (Å²) in [6, 6.07) is 8.47. The molecule has 0 fully saturated rings. The lowest BCUT2D eigenvalue weighted by Gasteiger charge is -2.09. The van der Waals surface area contributed by atoms with Gasteiger partial charge in [0.25, 0.3) is 15.9 Å². The van der Waals surface area contributed by atoms with Gasteiger partial charge in [-0.3, -0.25) is 9.52 Å². The van der Waals surface area contributed by atoms with Crippen LogP contribution in [0.3, 0.4) is 0 Å². The summed E-state index contributed by atoms with van der Waals surface area (Å²) in [6.07, 6.45) is 0. The lowest BCUT2D eigenvalue weighted by Crippen LogP contribution is -2.13. The second kappa shape index (κ2) is 5.87. The molecule has 0 bridgehead atoms. The van der Waals surface area contributed by atoms with Crippen LogP contribution in [0.25, 0.3) is 0 Å². The molecule has 0 aliphatic heterocycles. The molecule has 1 heterocycles. The number of amides is 1. The number of thiophene rings is 1. The van der Waals surface area contributed by atoms with E-state index in [1.165, 1.54) is 11.4 Å². The van der Waals surface area contributed by atoms with Gasteiger partial charge in [-0.05, 0) is 29.7 Å². The number of sulfonamides is 1. The number of anilines is 1. The number of nitrogens with one attached hydrogen (secondary N) is 1. The van der Waals surface area contributed by atoms with Crippen LogP contribution in [0.4, 0.5) is 5.69 Å². The molecule has 1 amide bonds. The second-order valence-corrected chi connectivity index (χ2v) is 7.49. The summed E-state index contributed by atoms with van der Waals surface area (Å²) < 4.78 is 26.9. The minimum Gasteiger partial charge on any atom is -0.365 e. The Bertz CT molecular complexity index is 747. The van der Waals surface area contributed by atoms with Crippen molar-refractivity contribution in [2.45, 2.75) is 24.7 Å². The second-order valence-electron chi connectivity index (χ2n) is 4.89. The molecular weight excluding hydrogens is 308 g/mol. The van der Waals surface area contributed by atoms with Gasteiger partial charge in [0.2, 0.25) is 0 Å². The van der Waals surface area contributed by atoms with Crippen LogP contribution < -0.4 is 10.5 Å². The van der Waals surface area contributed by atoms with E-state index in [1.807, 2.05) is 12.1 Å². The van der Waals surface area contributed by atoms with Crippen molar-refractivity contribution in [2.75, 3.05) is 4.72 Å². The SMILES string of the molecule is CC(C)c1ccc(NS(=O)(=O)c2csc(C(N)=O)c2)cc1. The fraction of sp³-hybridized carbons (Fsp3) is 0.214. The summed E-state index contributed by atoms with van der Waals surface area (Å²) in [5, 5.41) is 1.39. The number of nitrogens with two attached hydrogens (primary N) is 1. The Kier molecular flexibility index (Phi) is 4.34. The molecule has 3 N–H and O–H groups in total. The van der Waals surface area contributed by atoms with Crippen LogP contribution in [0.1, 0.15) is 35.0 Å². The molecule has 0 aliphatic rings. The lowest BCUT2D eigenvalue weighted by atomic mass is 10.0. The molecule has 0 atom stereocenters. The number of carbonyl (C=O) groups is 1. The first kappa shape index (κ1) is 15.5. The van der Waals surface area contributed by atoms with Crippen molar-refractivity contribution >= 4 is 33.0 Å². The van der Waals surface area contributed by atoms with Crippen molar-refractivity contribution in [3.05, 3.63) is 46.2 Å². The van der Waals surface area contributed by atoms with Gasteiger partial charge in [-0.15, -0.1) is 11.3 Å². The van der Waals surface area contributed by atoms with Crippen LogP contribution in [-0.2, 0) is 10.0 Å². The van der Waals surface area contributed by atoms with Gasteiger partial charge in [0.05, 0.1) is 9.77 Å². The number of hydrogen-bond donors (Lipinski definition) is 2. The van der Waals surface area contributed by atoms with Gasteiger partial charge in [0.15, 0.2) is 0 Å². The Balaban J connectivity index is 2.22. The molecule has 5 nitrogen and oxygen atoms in total. The summed E-state index contributed by atoms with van der Waals surface area (Å²) >= 11 is 1.01. The predicted molar refractivity (Wildman–Crippen MR) is 84.2 cm³/mol. The minimum atomic E-state index is -3.71. The van der Waals surface area contributed by atoms with E-state index in [-0.39, 0.29) is 9.77 Å². The van der Waals surface area contributed by atoms with Crippen LogP contribution in [-0.4, -0.2) is 14.3 Å². The summed E-state index contributed by atoms with van der Waals surface area (Å²) in [5.74, 6) is -0.256. The molecule has 2 rings (SSSR count). The topological polar surface area (TPSA) is 89.3 Å². The van der Waals surface area contributed by atoms with Crippen molar-refractivity contribution in [3.63, 3.8) is 0 Å². The third-order valence-electron chi connectivity index (χ3n) is 2.96. The average molecular weight is 324 g/mol. The molecule has 1 aromatic heterocycles. The van der Waals surface area contributed by atoms with E-state index in [4.69, 9.17) is 5.73 Å². The van der Waals surface area contributed by atoms with E-state index in [9.17, 15) is 13.2 Å². The molecular formula is C14H16N2O3S2. The van der Waals surface area contributed by atoms with Gasteiger partial charge in [0.1, 0.15) is 0 Å². The highest BCUT2D eigenvalue weighted by molar-refractivity contribution is 7.92. The summed E-state index contributed by atoms with van der Waals surface area (Å²) in [6.45, 7) is 4.13. The number of hydrogen-bond acceptors (Lipinski definition) is 4. The van der Waals surface area contributed by atoms with Gasteiger partial charge in [0, 0.05) is 11.1 Å². The zero-order valence-corrected chi connectivity index (χ0v) is 13.3. The van der Waals surface area contributed by atoms with Crippen molar-refractivity contribution in [2.24, 2.45) is 5.73 Å². The van der Waals surface area contributed by atoms with Crippen LogP contribution in [0.5, 0.6) is 0 Å². The normalized spacial score (nSPS) is 11.6. The van der Waals surface area contributed by atoms with Crippen LogP contribution in [0, 0.1) is 0 Å². The molecule has 0 spiro atoms. The smallest absolute Gasteiger partial charge is 0.262 e. The van der Waals surface area contributed by atoms with Crippen LogP contribution >= 0.6 is 11.3 Å². The van der Waals surface area contributed by atoms with Gasteiger partial charge in [-0.25, -0.2) is 8.42 Å². The highest BCUT2D eigenvalue weighted by Gasteiger charge is 2.18. The molecule has 0 saturated carbocycles. The average Bonchev–Trinajstić information content (AvgIpc) is 2.89. The van der Waals surface area contributed by atoms with E-state index in [1.54, 1.807) is 12.1 Å². The van der Waals surface area contributed by atoms with Crippen molar-refractivity contribution < 1.29 is 13.2 Å². The Morgan fingerprint density at radius 1 is 1.24 bits per heavy atom. The van der Waals surface area contributed by atoms with E-state index in [2.05, 4.69) is 18.6 Å². The maximum absolute atomic E-state index is 12.2. The first-order valence-electron chi connectivity index (χ1n) is 6.30. The molecule has 112 valence electrons. The maximum Gasteiger partial charge on any atom is 0.262 e. The Morgan fingerprint density at radius 2 is 1.86 bits per heavy atom. The Labute approximate surface area is 127 Å². The third kappa shape index (κ3) is 3.62. The molecule has 7 heteroatoms. The monoisotopic (exact) mass is 324 g/mol. The molecule has 0 unspecified atom stereocenters. The van der Waals surface area contributed by atoms with Crippen LogP contribution in [0.2, 0.25) is 0 Å². The Hall–Kier alpha value is -1.86. The summed E-state index contributed by atoms with van der Waals surface area (Å²) in [7, 11) is -3.71.